The lowest BCUT2D eigenvalue weighted by Gasteiger charge is -2.34. The monoisotopic (exact) mass is 444 g/mol. The molecule has 0 aliphatic heterocycles. The van der Waals surface area contributed by atoms with Gasteiger partial charge in [-0.15, -0.1) is 11.8 Å². The van der Waals surface area contributed by atoms with Crippen molar-refractivity contribution >= 4 is 17.7 Å². The second-order valence-electron chi connectivity index (χ2n) is 6.95. The van der Waals surface area contributed by atoms with Crippen molar-refractivity contribution in [2.75, 3.05) is 12.9 Å². The van der Waals surface area contributed by atoms with Gasteiger partial charge < -0.3 is 14.6 Å². The minimum absolute atomic E-state index is 0.0588. The summed E-state index contributed by atoms with van der Waals surface area (Å²) in [6.45, 7) is 0. The molecule has 2 aromatic rings. The van der Waals surface area contributed by atoms with Gasteiger partial charge in [0.05, 0.1) is 11.0 Å². The summed E-state index contributed by atoms with van der Waals surface area (Å²) in [6, 6.07) is 3.97. The Labute approximate surface area is 175 Å². The van der Waals surface area contributed by atoms with Crippen LogP contribution in [0.15, 0.2) is 29.2 Å². The fourth-order valence-electron chi connectivity index (χ4n) is 3.09. The smallest absolute Gasteiger partial charge is 0.303 e. The van der Waals surface area contributed by atoms with Crippen molar-refractivity contribution in [3.63, 3.8) is 0 Å². The number of carboxylic acid groups (broad SMARTS) is 1. The first-order chi connectivity index (χ1) is 14.3. The van der Waals surface area contributed by atoms with Gasteiger partial charge in [0.15, 0.2) is 11.6 Å². The van der Waals surface area contributed by atoms with E-state index in [1.807, 2.05) is 0 Å². The van der Waals surface area contributed by atoms with E-state index >= 15 is 0 Å². The van der Waals surface area contributed by atoms with Gasteiger partial charge in [0.1, 0.15) is 23.5 Å². The molecule has 0 aromatic heterocycles. The summed E-state index contributed by atoms with van der Waals surface area (Å²) in [5, 5.41) is 8.61. The average molecular weight is 444 g/mol. The number of hydrogen-bond acceptors (Lipinski definition) is 4. The maximum atomic E-state index is 14.4. The standard InChI is InChI=1S/C21H20F4O4S/c1-28-12-7-13(8-12)29-14-9-15(20(25)16(22)10-14)11-5-17(23)21(18(24)6-11)30-4-2-3-19(26)27/h5-6,9-10,12-13H,2-4,7-8H2,1H3,(H,26,27). The van der Waals surface area contributed by atoms with Crippen LogP contribution in [0.1, 0.15) is 25.7 Å². The summed E-state index contributed by atoms with van der Waals surface area (Å²) in [4.78, 5) is 10.2. The Morgan fingerprint density at radius 2 is 1.73 bits per heavy atom. The highest BCUT2D eigenvalue weighted by Crippen LogP contribution is 2.36. The molecule has 1 aliphatic rings. The molecule has 162 valence electrons. The molecule has 0 bridgehead atoms. The van der Waals surface area contributed by atoms with Crippen LogP contribution >= 0.6 is 11.8 Å². The molecule has 1 aliphatic carbocycles. The maximum Gasteiger partial charge on any atom is 0.303 e. The first kappa shape index (κ1) is 22.4. The summed E-state index contributed by atoms with van der Waals surface area (Å²) in [5.74, 6) is -5.00. The quantitative estimate of drug-likeness (QED) is 0.318. The summed E-state index contributed by atoms with van der Waals surface area (Å²) in [6.07, 6.45) is 1.21. The van der Waals surface area contributed by atoms with Crippen LogP contribution in [0.4, 0.5) is 17.6 Å². The highest BCUT2D eigenvalue weighted by Gasteiger charge is 2.31. The Bertz CT molecular complexity index is 908. The third kappa shape index (κ3) is 5.26. The summed E-state index contributed by atoms with van der Waals surface area (Å²) >= 11 is 0.834. The third-order valence-corrected chi connectivity index (χ3v) is 5.95. The van der Waals surface area contributed by atoms with Gasteiger partial charge in [-0.3, -0.25) is 4.79 Å². The topological polar surface area (TPSA) is 55.8 Å². The predicted molar refractivity (Wildman–Crippen MR) is 104 cm³/mol. The molecule has 30 heavy (non-hydrogen) atoms. The molecule has 0 amide bonds. The molecule has 0 unspecified atom stereocenters. The fraction of sp³-hybridized carbons (Fsp3) is 0.381. The van der Waals surface area contributed by atoms with E-state index in [2.05, 4.69) is 0 Å². The summed E-state index contributed by atoms with van der Waals surface area (Å²) in [7, 11) is 1.58. The molecule has 1 fully saturated rings. The summed E-state index contributed by atoms with van der Waals surface area (Å²) < 4.78 is 68.1. The first-order valence-electron chi connectivity index (χ1n) is 9.31. The molecule has 0 spiro atoms. The van der Waals surface area contributed by atoms with Crippen molar-refractivity contribution in [3.8, 4) is 16.9 Å². The number of carboxylic acids is 1. The van der Waals surface area contributed by atoms with Gasteiger partial charge in [-0.2, -0.15) is 0 Å². The number of benzene rings is 2. The average Bonchev–Trinajstić information content (AvgIpc) is 2.65. The molecular formula is C21H20F4O4S. The molecule has 1 N–H and O–H groups in total. The molecule has 1 saturated carbocycles. The lowest BCUT2D eigenvalue weighted by atomic mass is 9.92. The van der Waals surface area contributed by atoms with E-state index in [1.165, 1.54) is 6.07 Å². The lowest BCUT2D eigenvalue weighted by molar-refractivity contribution is -0.137. The Balaban J connectivity index is 1.79. The van der Waals surface area contributed by atoms with Crippen LogP contribution in [0.25, 0.3) is 11.1 Å². The van der Waals surface area contributed by atoms with Crippen LogP contribution in [0.2, 0.25) is 0 Å². The van der Waals surface area contributed by atoms with Crippen LogP contribution < -0.4 is 4.74 Å². The largest absolute Gasteiger partial charge is 0.490 e. The van der Waals surface area contributed by atoms with E-state index in [0.29, 0.717) is 12.8 Å². The van der Waals surface area contributed by atoms with Crippen LogP contribution in [0, 0.1) is 23.3 Å². The zero-order valence-corrected chi connectivity index (χ0v) is 16.9. The Morgan fingerprint density at radius 3 is 2.33 bits per heavy atom. The molecular weight excluding hydrogens is 424 g/mol. The number of carbonyl (C=O) groups is 1. The first-order valence-corrected chi connectivity index (χ1v) is 10.3. The zero-order valence-electron chi connectivity index (χ0n) is 16.1. The van der Waals surface area contributed by atoms with Gasteiger partial charge >= 0.3 is 5.97 Å². The maximum absolute atomic E-state index is 14.4. The van der Waals surface area contributed by atoms with Crippen molar-refractivity contribution in [2.45, 2.75) is 42.8 Å². The minimum atomic E-state index is -1.23. The van der Waals surface area contributed by atoms with Crippen molar-refractivity contribution in [3.05, 3.63) is 47.5 Å². The van der Waals surface area contributed by atoms with Crippen LogP contribution in [-0.4, -0.2) is 36.1 Å². The highest BCUT2D eigenvalue weighted by atomic mass is 32.2. The number of hydrogen-bond donors (Lipinski definition) is 1. The molecule has 0 atom stereocenters. The Hall–Kier alpha value is -2.26. The van der Waals surface area contributed by atoms with E-state index in [-0.39, 0.29) is 52.6 Å². The number of thioether (sulfide) groups is 1. The van der Waals surface area contributed by atoms with Gasteiger partial charge in [-0.1, -0.05) is 0 Å². The molecule has 4 nitrogen and oxygen atoms in total. The van der Waals surface area contributed by atoms with E-state index in [4.69, 9.17) is 14.6 Å². The molecule has 0 radical (unpaired) electrons. The lowest BCUT2D eigenvalue weighted by Crippen LogP contribution is -2.38. The normalized spacial score (nSPS) is 18.2. The number of halogens is 4. The molecule has 0 saturated heterocycles. The van der Waals surface area contributed by atoms with Gasteiger partial charge in [-0.25, -0.2) is 17.6 Å². The number of ether oxygens (including phenoxy) is 2. The second kappa shape index (κ2) is 9.70. The SMILES string of the molecule is COC1CC(Oc2cc(F)c(F)c(-c3cc(F)c(SCCCC(=O)O)c(F)c3)c2)C1. The second-order valence-corrected chi connectivity index (χ2v) is 8.06. The van der Waals surface area contributed by atoms with Gasteiger partial charge in [0, 0.05) is 38.0 Å². The predicted octanol–water partition coefficient (Wildman–Crippen LogP) is 5.42. The van der Waals surface area contributed by atoms with Crippen molar-refractivity contribution < 1.29 is 36.9 Å². The van der Waals surface area contributed by atoms with Crippen LogP contribution in [0.3, 0.4) is 0 Å². The van der Waals surface area contributed by atoms with Crippen molar-refractivity contribution in [1.29, 1.82) is 0 Å². The van der Waals surface area contributed by atoms with Gasteiger partial charge in [0.2, 0.25) is 0 Å². The number of aliphatic carboxylic acids is 1. The Morgan fingerprint density at radius 1 is 1.07 bits per heavy atom. The van der Waals surface area contributed by atoms with Gasteiger partial charge in [-0.05, 0) is 35.9 Å². The summed E-state index contributed by atoms with van der Waals surface area (Å²) in [5.41, 5.74) is -0.474. The fourth-order valence-corrected chi connectivity index (χ4v) is 3.98. The minimum Gasteiger partial charge on any atom is -0.490 e. The van der Waals surface area contributed by atoms with Crippen molar-refractivity contribution in [1.82, 2.24) is 0 Å². The molecule has 3 rings (SSSR count). The van der Waals surface area contributed by atoms with Crippen molar-refractivity contribution in [2.24, 2.45) is 0 Å². The number of rotatable bonds is 9. The third-order valence-electron chi connectivity index (χ3n) is 4.78. The highest BCUT2D eigenvalue weighted by molar-refractivity contribution is 7.99. The van der Waals surface area contributed by atoms with E-state index in [0.717, 1.165) is 30.0 Å². The molecule has 9 heteroatoms. The zero-order chi connectivity index (χ0) is 21.8. The van der Waals surface area contributed by atoms with Crippen LogP contribution in [0.5, 0.6) is 5.75 Å². The Kier molecular flexibility index (Phi) is 7.25. The number of methoxy groups -OCH3 is 1. The van der Waals surface area contributed by atoms with E-state index < -0.39 is 29.2 Å². The van der Waals surface area contributed by atoms with E-state index in [1.54, 1.807) is 7.11 Å². The molecule has 2 aromatic carbocycles. The van der Waals surface area contributed by atoms with E-state index in [9.17, 15) is 22.4 Å². The molecule has 0 heterocycles. The van der Waals surface area contributed by atoms with Crippen LogP contribution in [-0.2, 0) is 9.53 Å². The van der Waals surface area contributed by atoms with Gasteiger partial charge in [0.25, 0.3) is 0 Å².